The standard InChI is InChI=1S/C9H19NS/c1-5-6-7-11-10-9(4)8(2)3/h8,10H,4-7H2,1-3H3. The van der Waals surface area contributed by atoms with E-state index in [1.807, 2.05) is 0 Å². The molecular formula is C9H19NS. The van der Waals surface area contributed by atoms with Gasteiger partial charge in [0.15, 0.2) is 0 Å². The lowest BCUT2D eigenvalue weighted by molar-refractivity contribution is 0.742. The molecule has 0 atom stereocenters. The van der Waals surface area contributed by atoms with Gasteiger partial charge in [-0.15, -0.1) is 0 Å². The Bertz CT molecular complexity index is 110. The fourth-order valence-corrected chi connectivity index (χ4v) is 1.43. The third-order valence-corrected chi connectivity index (χ3v) is 2.40. The molecule has 0 saturated heterocycles. The molecule has 66 valence electrons. The Morgan fingerprint density at radius 1 is 1.55 bits per heavy atom. The summed E-state index contributed by atoms with van der Waals surface area (Å²) in [6.45, 7) is 10.4. The van der Waals surface area contributed by atoms with Crippen LogP contribution in [-0.4, -0.2) is 5.75 Å². The molecule has 0 fully saturated rings. The van der Waals surface area contributed by atoms with Gasteiger partial charge in [0.05, 0.1) is 0 Å². The lowest BCUT2D eigenvalue weighted by Crippen LogP contribution is -2.08. The van der Waals surface area contributed by atoms with E-state index >= 15 is 0 Å². The Kier molecular flexibility index (Phi) is 6.52. The van der Waals surface area contributed by atoms with Crippen LogP contribution in [0.5, 0.6) is 0 Å². The van der Waals surface area contributed by atoms with Crippen LogP contribution in [0.3, 0.4) is 0 Å². The zero-order valence-electron chi connectivity index (χ0n) is 7.81. The van der Waals surface area contributed by atoms with Crippen LogP contribution in [0.2, 0.25) is 0 Å². The number of unbranched alkanes of at least 4 members (excludes halogenated alkanes) is 1. The number of hydrogen-bond donors (Lipinski definition) is 1. The van der Waals surface area contributed by atoms with Gasteiger partial charge < -0.3 is 4.72 Å². The lowest BCUT2D eigenvalue weighted by Gasteiger charge is -2.10. The maximum Gasteiger partial charge on any atom is 0.0164 e. The molecule has 0 bridgehead atoms. The van der Waals surface area contributed by atoms with E-state index in [-0.39, 0.29) is 0 Å². The van der Waals surface area contributed by atoms with Crippen LogP contribution in [0.25, 0.3) is 0 Å². The van der Waals surface area contributed by atoms with E-state index in [0.717, 1.165) is 5.70 Å². The summed E-state index contributed by atoms with van der Waals surface area (Å²) in [5.41, 5.74) is 1.13. The number of allylic oxidation sites excluding steroid dienone is 1. The molecule has 11 heavy (non-hydrogen) atoms. The van der Waals surface area contributed by atoms with E-state index < -0.39 is 0 Å². The van der Waals surface area contributed by atoms with E-state index in [1.165, 1.54) is 18.6 Å². The summed E-state index contributed by atoms with van der Waals surface area (Å²) in [5, 5.41) is 0. The van der Waals surface area contributed by atoms with Crippen LogP contribution in [0.4, 0.5) is 0 Å². The van der Waals surface area contributed by atoms with Crippen molar-refractivity contribution in [3.05, 3.63) is 12.3 Å². The SMILES string of the molecule is C=C(NSCCCC)C(C)C. The zero-order chi connectivity index (χ0) is 8.69. The van der Waals surface area contributed by atoms with E-state index in [1.54, 1.807) is 11.9 Å². The third kappa shape index (κ3) is 6.29. The van der Waals surface area contributed by atoms with Gasteiger partial charge in [-0.1, -0.05) is 45.7 Å². The highest BCUT2D eigenvalue weighted by Gasteiger charge is 1.97. The Morgan fingerprint density at radius 3 is 2.64 bits per heavy atom. The molecular weight excluding hydrogens is 154 g/mol. The Balaban J connectivity index is 3.18. The first-order valence-electron chi connectivity index (χ1n) is 4.25. The summed E-state index contributed by atoms with van der Waals surface area (Å²) in [7, 11) is 0. The van der Waals surface area contributed by atoms with Gasteiger partial charge in [0.25, 0.3) is 0 Å². The summed E-state index contributed by atoms with van der Waals surface area (Å²) in [4.78, 5) is 0. The fourth-order valence-electron chi connectivity index (χ4n) is 0.478. The predicted octanol–water partition coefficient (Wildman–Crippen LogP) is 3.19. The van der Waals surface area contributed by atoms with Gasteiger partial charge in [-0.25, -0.2) is 0 Å². The summed E-state index contributed by atoms with van der Waals surface area (Å²) in [6, 6.07) is 0. The average molecular weight is 173 g/mol. The van der Waals surface area contributed by atoms with Crippen LogP contribution in [0.15, 0.2) is 12.3 Å². The second kappa shape index (κ2) is 6.59. The molecule has 0 aromatic carbocycles. The Hall–Kier alpha value is -0.110. The largest absolute Gasteiger partial charge is 0.334 e. The summed E-state index contributed by atoms with van der Waals surface area (Å²) >= 11 is 1.76. The maximum atomic E-state index is 3.92. The average Bonchev–Trinajstić information content (AvgIpc) is 1.97. The number of nitrogens with one attached hydrogen (secondary N) is 1. The first-order chi connectivity index (χ1) is 5.18. The van der Waals surface area contributed by atoms with Crippen LogP contribution in [-0.2, 0) is 0 Å². The van der Waals surface area contributed by atoms with Crippen LogP contribution in [0, 0.1) is 5.92 Å². The van der Waals surface area contributed by atoms with Gasteiger partial charge in [0.1, 0.15) is 0 Å². The van der Waals surface area contributed by atoms with Gasteiger partial charge >= 0.3 is 0 Å². The molecule has 0 unspecified atom stereocenters. The van der Waals surface area contributed by atoms with E-state index in [4.69, 9.17) is 0 Å². The third-order valence-electron chi connectivity index (χ3n) is 1.50. The molecule has 2 heteroatoms. The van der Waals surface area contributed by atoms with E-state index in [9.17, 15) is 0 Å². The molecule has 0 aliphatic rings. The molecule has 0 spiro atoms. The van der Waals surface area contributed by atoms with E-state index in [2.05, 4.69) is 32.1 Å². The van der Waals surface area contributed by atoms with Gasteiger partial charge in [0, 0.05) is 11.4 Å². The van der Waals surface area contributed by atoms with Gasteiger partial charge in [0.2, 0.25) is 0 Å². The molecule has 1 N–H and O–H groups in total. The van der Waals surface area contributed by atoms with Crippen molar-refractivity contribution in [2.75, 3.05) is 5.75 Å². The zero-order valence-corrected chi connectivity index (χ0v) is 8.63. The Morgan fingerprint density at radius 2 is 2.18 bits per heavy atom. The quantitative estimate of drug-likeness (QED) is 0.489. The predicted molar refractivity (Wildman–Crippen MR) is 54.5 cm³/mol. The minimum absolute atomic E-state index is 0.545. The number of rotatable bonds is 6. The summed E-state index contributed by atoms with van der Waals surface area (Å²) in [6.07, 6.45) is 2.55. The second-order valence-electron chi connectivity index (χ2n) is 2.98. The van der Waals surface area contributed by atoms with Crippen molar-refractivity contribution in [3.8, 4) is 0 Å². The highest BCUT2D eigenvalue weighted by atomic mass is 32.2. The van der Waals surface area contributed by atoms with Crippen molar-refractivity contribution in [1.29, 1.82) is 0 Å². The molecule has 0 saturated carbocycles. The van der Waals surface area contributed by atoms with E-state index in [0.29, 0.717) is 5.92 Å². The highest BCUT2D eigenvalue weighted by molar-refractivity contribution is 7.97. The number of hydrogen-bond acceptors (Lipinski definition) is 2. The summed E-state index contributed by atoms with van der Waals surface area (Å²) in [5.74, 6) is 1.73. The van der Waals surface area contributed by atoms with Crippen LogP contribution in [0.1, 0.15) is 33.6 Å². The van der Waals surface area contributed by atoms with Gasteiger partial charge in [-0.05, 0) is 12.3 Å². The normalized spacial score (nSPS) is 10.2. The first kappa shape index (κ1) is 10.9. The maximum absolute atomic E-state index is 3.92. The van der Waals surface area contributed by atoms with Crippen molar-refractivity contribution in [2.45, 2.75) is 33.6 Å². The molecule has 0 radical (unpaired) electrons. The van der Waals surface area contributed by atoms with Crippen molar-refractivity contribution < 1.29 is 0 Å². The topological polar surface area (TPSA) is 12.0 Å². The minimum atomic E-state index is 0.545. The molecule has 0 aromatic heterocycles. The van der Waals surface area contributed by atoms with Crippen LogP contribution < -0.4 is 4.72 Å². The van der Waals surface area contributed by atoms with Gasteiger partial charge in [-0.3, -0.25) is 0 Å². The molecule has 1 nitrogen and oxygen atoms in total. The van der Waals surface area contributed by atoms with Crippen molar-refractivity contribution >= 4 is 11.9 Å². The van der Waals surface area contributed by atoms with Crippen molar-refractivity contribution in [3.63, 3.8) is 0 Å². The Labute approximate surface area is 74.8 Å². The first-order valence-corrected chi connectivity index (χ1v) is 5.23. The lowest BCUT2D eigenvalue weighted by atomic mass is 10.2. The molecule has 0 rings (SSSR count). The van der Waals surface area contributed by atoms with Gasteiger partial charge in [-0.2, -0.15) is 0 Å². The van der Waals surface area contributed by atoms with Crippen molar-refractivity contribution in [1.82, 2.24) is 4.72 Å². The van der Waals surface area contributed by atoms with Crippen molar-refractivity contribution in [2.24, 2.45) is 5.92 Å². The van der Waals surface area contributed by atoms with Crippen LogP contribution >= 0.6 is 11.9 Å². The molecule has 0 aliphatic heterocycles. The molecule has 0 amide bonds. The second-order valence-corrected chi connectivity index (χ2v) is 3.89. The molecule has 0 heterocycles. The fraction of sp³-hybridized carbons (Fsp3) is 0.778. The molecule has 0 aromatic rings. The smallest absolute Gasteiger partial charge is 0.0164 e. The minimum Gasteiger partial charge on any atom is -0.334 e. The highest BCUT2D eigenvalue weighted by Crippen LogP contribution is 2.08. The summed E-state index contributed by atoms with van der Waals surface area (Å²) < 4.78 is 3.24. The monoisotopic (exact) mass is 173 g/mol. The molecule has 0 aliphatic carbocycles.